The maximum atomic E-state index is 12.2. The highest BCUT2D eigenvalue weighted by molar-refractivity contribution is 6.30. The van der Waals surface area contributed by atoms with Crippen molar-refractivity contribution in [1.82, 2.24) is 4.90 Å². The van der Waals surface area contributed by atoms with Gasteiger partial charge in [0.05, 0.1) is 6.04 Å². The van der Waals surface area contributed by atoms with Crippen molar-refractivity contribution in [3.8, 4) is 0 Å². The van der Waals surface area contributed by atoms with Crippen LogP contribution in [0.25, 0.3) is 0 Å². The van der Waals surface area contributed by atoms with Gasteiger partial charge in [-0.2, -0.15) is 0 Å². The summed E-state index contributed by atoms with van der Waals surface area (Å²) in [5.74, 6) is 0.246. The fourth-order valence-electron chi connectivity index (χ4n) is 2.69. The van der Waals surface area contributed by atoms with Gasteiger partial charge in [0.15, 0.2) is 0 Å². The van der Waals surface area contributed by atoms with Gasteiger partial charge in [0.1, 0.15) is 0 Å². The van der Waals surface area contributed by atoms with E-state index in [0.29, 0.717) is 13.0 Å². The molecule has 104 valence electrons. The van der Waals surface area contributed by atoms with Crippen LogP contribution in [0, 0.1) is 0 Å². The summed E-state index contributed by atoms with van der Waals surface area (Å²) in [6.07, 6.45) is 4.51. The van der Waals surface area contributed by atoms with Gasteiger partial charge in [-0.05, 0) is 49.9 Å². The molecule has 0 saturated carbocycles. The average molecular weight is 281 g/mol. The Morgan fingerprint density at radius 3 is 3.00 bits per heavy atom. The van der Waals surface area contributed by atoms with Gasteiger partial charge in [-0.1, -0.05) is 23.7 Å². The Morgan fingerprint density at radius 2 is 2.26 bits per heavy atom. The number of hydrogen-bond donors (Lipinski definition) is 1. The highest BCUT2D eigenvalue weighted by Gasteiger charge is 2.29. The van der Waals surface area contributed by atoms with E-state index >= 15 is 0 Å². The van der Waals surface area contributed by atoms with E-state index in [1.165, 1.54) is 0 Å². The average Bonchev–Trinajstić information content (AvgIpc) is 2.88. The minimum Gasteiger partial charge on any atom is -0.336 e. The standard InChI is InChI=1S/C15H21ClN2O/c16-13-6-3-5-12(11-13)14-7-4-10-18(14)15(19)8-1-2-9-17/h3,5-6,11,14H,1-2,4,7-10,17H2. The van der Waals surface area contributed by atoms with Gasteiger partial charge in [0.25, 0.3) is 0 Å². The number of halogens is 1. The number of nitrogens with two attached hydrogens (primary N) is 1. The molecule has 4 heteroatoms. The van der Waals surface area contributed by atoms with Crippen molar-refractivity contribution in [3.05, 3.63) is 34.9 Å². The first-order valence-corrected chi connectivity index (χ1v) is 7.35. The van der Waals surface area contributed by atoms with Crippen LogP contribution < -0.4 is 5.73 Å². The third kappa shape index (κ3) is 3.71. The van der Waals surface area contributed by atoms with Gasteiger partial charge in [0, 0.05) is 18.0 Å². The maximum absolute atomic E-state index is 12.2. The molecular weight excluding hydrogens is 260 g/mol. The molecule has 0 spiro atoms. The zero-order valence-electron chi connectivity index (χ0n) is 11.1. The second-order valence-electron chi connectivity index (χ2n) is 5.05. The lowest BCUT2D eigenvalue weighted by Crippen LogP contribution is -2.30. The summed E-state index contributed by atoms with van der Waals surface area (Å²) in [6.45, 7) is 1.52. The predicted molar refractivity (Wildman–Crippen MR) is 78.0 cm³/mol. The quantitative estimate of drug-likeness (QED) is 0.842. The molecule has 0 radical (unpaired) electrons. The van der Waals surface area contributed by atoms with Crippen LogP contribution in [0.5, 0.6) is 0 Å². The Morgan fingerprint density at radius 1 is 1.42 bits per heavy atom. The van der Waals surface area contributed by atoms with Gasteiger partial charge < -0.3 is 10.6 Å². The number of nitrogens with zero attached hydrogens (tertiary/aromatic N) is 1. The molecule has 19 heavy (non-hydrogen) atoms. The number of amides is 1. The van der Waals surface area contributed by atoms with Gasteiger partial charge in [-0.25, -0.2) is 0 Å². The number of unbranched alkanes of at least 4 members (excludes halogenated alkanes) is 1. The number of rotatable bonds is 5. The van der Waals surface area contributed by atoms with Crippen molar-refractivity contribution in [1.29, 1.82) is 0 Å². The Balaban J connectivity index is 2.02. The van der Waals surface area contributed by atoms with Crippen LogP contribution in [0.4, 0.5) is 0 Å². The Kier molecular flexibility index (Phi) is 5.23. The van der Waals surface area contributed by atoms with Crippen molar-refractivity contribution in [3.63, 3.8) is 0 Å². The number of benzene rings is 1. The number of carbonyl (C=O) groups is 1. The van der Waals surface area contributed by atoms with Gasteiger partial charge in [-0.15, -0.1) is 0 Å². The fraction of sp³-hybridized carbons (Fsp3) is 0.533. The van der Waals surface area contributed by atoms with E-state index in [1.807, 2.05) is 23.1 Å². The monoisotopic (exact) mass is 280 g/mol. The predicted octanol–water partition coefficient (Wildman–Crippen LogP) is 3.13. The number of likely N-dealkylation sites (tertiary alicyclic amines) is 1. The SMILES string of the molecule is NCCCCC(=O)N1CCCC1c1cccc(Cl)c1. The molecule has 1 heterocycles. The van der Waals surface area contributed by atoms with Gasteiger partial charge in [0.2, 0.25) is 5.91 Å². The minimum absolute atomic E-state index is 0.198. The van der Waals surface area contributed by atoms with Crippen molar-refractivity contribution in [2.45, 2.75) is 38.1 Å². The summed E-state index contributed by atoms with van der Waals surface area (Å²) in [5, 5.41) is 0.736. The molecule has 2 N–H and O–H groups in total. The molecule has 1 aromatic carbocycles. The van der Waals surface area contributed by atoms with Crippen LogP contribution in [0.1, 0.15) is 43.7 Å². The maximum Gasteiger partial charge on any atom is 0.223 e. The van der Waals surface area contributed by atoms with E-state index in [1.54, 1.807) is 0 Å². The van der Waals surface area contributed by atoms with E-state index in [9.17, 15) is 4.79 Å². The Labute approximate surface area is 119 Å². The third-order valence-corrected chi connectivity index (χ3v) is 3.89. The third-order valence-electron chi connectivity index (χ3n) is 3.65. The molecule has 1 unspecified atom stereocenters. The molecule has 1 saturated heterocycles. The topological polar surface area (TPSA) is 46.3 Å². The van der Waals surface area contributed by atoms with Crippen LogP contribution in [0.3, 0.4) is 0 Å². The molecule has 0 aliphatic carbocycles. The van der Waals surface area contributed by atoms with Crippen LogP contribution in [0.2, 0.25) is 5.02 Å². The smallest absolute Gasteiger partial charge is 0.223 e. The van der Waals surface area contributed by atoms with Crippen LogP contribution in [-0.4, -0.2) is 23.9 Å². The van der Waals surface area contributed by atoms with Gasteiger partial charge in [-0.3, -0.25) is 4.79 Å². The van der Waals surface area contributed by atoms with Crippen molar-refractivity contribution < 1.29 is 4.79 Å². The van der Waals surface area contributed by atoms with Crippen molar-refractivity contribution >= 4 is 17.5 Å². The Hall–Kier alpha value is -1.06. The van der Waals surface area contributed by atoms with Crippen molar-refractivity contribution in [2.24, 2.45) is 5.73 Å². The minimum atomic E-state index is 0.198. The molecule has 1 aliphatic heterocycles. The van der Waals surface area contributed by atoms with Crippen LogP contribution in [0.15, 0.2) is 24.3 Å². The van der Waals surface area contributed by atoms with Crippen LogP contribution in [-0.2, 0) is 4.79 Å². The first-order valence-electron chi connectivity index (χ1n) is 6.97. The molecule has 0 aromatic heterocycles. The summed E-state index contributed by atoms with van der Waals surface area (Å²) in [6, 6.07) is 8.05. The van der Waals surface area contributed by atoms with E-state index < -0.39 is 0 Å². The zero-order chi connectivity index (χ0) is 13.7. The first kappa shape index (κ1) is 14.4. The lowest BCUT2D eigenvalue weighted by atomic mass is 10.0. The van der Waals surface area contributed by atoms with Crippen LogP contribution >= 0.6 is 11.6 Å². The second-order valence-corrected chi connectivity index (χ2v) is 5.48. The normalized spacial score (nSPS) is 18.8. The lowest BCUT2D eigenvalue weighted by molar-refractivity contribution is -0.132. The second kappa shape index (κ2) is 6.92. The summed E-state index contributed by atoms with van der Waals surface area (Å²) in [7, 11) is 0. The first-order chi connectivity index (χ1) is 9.22. The molecular formula is C15H21ClN2O. The van der Waals surface area contributed by atoms with Gasteiger partial charge >= 0.3 is 0 Å². The van der Waals surface area contributed by atoms with E-state index in [0.717, 1.165) is 42.8 Å². The highest BCUT2D eigenvalue weighted by atomic mass is 35.5. The molecule has 1 amide bonds. The largest absolute Gasteiger partial charge is 0.336 e. The molecule has 1 aliphatic rings. The number of carbonyl (C=O) groups excluding carboxylic acids is 1. The van der Waals surface area contributed by atoms with E-state index in [4.69, 9.17) is 17.3 Å². The fourth-order valence-corrected chi connectivity index (χ4v) is 2.89. The summed E-state index contributed by atoms with van der Waals surface area (Å²) in [5.41, 5.74) is 6.61. The molecule has 2 rings (SSSR count). The molecule has 1 fully saturated rings. The Bertz CT molecular complexity index is 436. The molecule has 1 aromatic rings. The van der Waals surface area contributed by atoms with Crippen molar-refractivity contribution in [2.75, 3.05) is 13.1 Å². The lowest BCUT2D eigenvalue weighted by Gasteiger charge is -2.25. The summed E-state index contributed by atoms with van der Waals surface area (Å²) >= 11 is 6.04. The number of hydrogen-bond acceptors (Lipinski definition) is 2. The van der Waals surface area contributed by atoms with E-state index in [2.05, 4.69) is 6.07 Å². The molecule has 1 atom stereocenters. The van der Waals surface area contributed by atoms with E-state index in [-0.39, 0.29) is 11.9 Å². The highest BCUT2D eigenvalue weighted by Crippen LogP contribution is 2.33. The summed E-state index contributed by atoms with van der Waals surface area (Å²) < 4.78 is 0. The molecule has 3 nitrogen and oxygen atoms in total. The zero-order valence-corrected chi connectivity index (χ0v) is 11.9. The molecule has 0 bridgehead atoms. The summed E-state index contributed by atoms with van der Waals surface area (Å²) in [4.78, 5) is 14.2.